The summed E-state index contributed by atoms with van der Waals surface area (Å²) in [4.78, 5) is 38.6. The molecule has 8 heteroatoms. The third kappa shape index (κ3) is 3.32. The number of aliphatic hydroxyl groups is 1. The van der Waals surface area contributed by atoms with Crippen LogP contribution in [0.3, 0.4) is 0 Å². The van der Waals surface area contributed by atoms with E-state index in [0.29, 0.717) is 18.7 Å². The highest BCUT2D eigenvalue weighted by Crippen LogP contribution is 2.38. The number of rotatable bonds is 6. The van der Waals surface area contributed by atoms with Gasteiger partial charge >= 0.3 is 0 Å². The van der Waals surface area contributed by atoms with Crippen molar-refractivity contribution in [2.45, 2.75) is 25.8 Å². The van der Waals surface area contributed by atoms with Gasteiger partial charge < -0.3 is 14.9 Å². The van der Waals surface area contributed by atoms with Gasteiger partial charge in [0.15, 0.2) is 11.5 Å². The molecule has 3 rings (SSSR count). The van der Waals surface area contributed by atoms with E-state index in [9.17, 15) is 24.8 Å². The van der Waals surface area contributed by atoms with Gasteiger partial charge in [-0.05, 0) is 50.6 Å². The summed E-state index contributed by atoms with van der Waals surface area (Å²) in [6, 6.07) is 5.02. The number of likely N-dealkylation sites (tertiary alicyclic amines) is 1. The first kappa shape index (κ1) is 18.1. The van der Waals surface area contributed by atoms with Crippen molar-refractivity contribution in [2.75, 3.05) is 26.2 Å². The summed E-state index contributed by atoms with van der Waals surface area (Å²) in [6.45, 7) is 4.29. The number of amides is 1. The van der Waals surface area contributed by atoms with Crippen molar-refractivity contribution in [3.63, 3.8) is 0 Å². The maximum absolute atomic E-state index is 12.5. The molecule has 0 aliphatic carbocycles. The Hall–Kier alpha value is -2.74. The number of nitro groups is 1. The van der Waals surface area contributed by atoms with Gasteiger partial charge in [-0.3, -0.25) is 19.7 Å². The van der Waals surface area contributed by atoms with Gasteiger partial charge in [-0.15, -0.1) is 0 Å². The number of Topliss-reactive ketones (excluding diaryl/α,β-unsaturated/α-hetero) is 1. The molecule has 1 unspecified atom stereocenters. The Morgan fingerprint density at radius 1 is 1.23 bits per heavy atom. The third-order valence-electron chi connectivity index (χ3n) is 4.96. The summed E-state index contributed by atoms with van der Waals surface area (Å²) in [5, 5.41) is 21.1. The molecular formula is C18H21N3O5. The lowest BCUT2D eigenvalue weighted by Crippen LogP contribution is -2.37. The Kier molecular flexibility index (Phi) is 5.03. The summed E-state index contributed by atoms with van der Waals surface area (Å²) in [7, 11) is 0. The van der Waals surface area contributed by atoms with Crippen molar-refractivity contribution in [3.05, 3.63) is 51.3 Å². The van der Waals surface area contributed by atoms with E-state index in [1.54, 1.807) is 0 Å². The fourth-order valence-corrected chi connectivity index (χ4v) is 3.62. The number of ketones is 1. The van der Waals surface area contributed by atoms with Crippen LogP contribution in [0.5, 0.6) is 0 Å². The topological polar surface area (TPSA) is 104 Å². The molecule has 1 aromatic rings. The zero-order chi connectivity index (χ0) is 18.8. The largest absolute Gasteiger partial charge is 0.503 e. The average molecular weight is 359 g/mol. The Bertz CT molecular complexity index is 766. The van der Waals surface area contributed by atoms with Crippen LogP contribution < -0.4 is 0 Å². The molecule has 1 fully saturated rings. The second-order valence-corrected chi connectivity index (χ2v) is 6.62. The highest BCUT2D eigenvalue weighted by Gasteiger charge is 2.42. The summed E-state index contributed by atoms with van der Waals surface area (Å²) in [5.41, 5.74) is 0.546. The Morgan fingerprint density at radius 3 is 2.38 bits per heavy atom. The Morgan fingerprint density at radius 2 is 1.85 bits per heavy atom. The van der Waals surface area contributed by atoms with Gasteiger partial charge in [0.1, 0.15) is 0 Å². The van der Waals surface area contributed by atoms with Crippen LogP contribution in [0.25, 0.3) is 0 Å². The van der Waals surface area contributed by atoms with Crippen LogP contribution in [-0.2, 0) is 9.59 Å². The van der Waals surface area contributed by atoms with Crippen LogP contribution in [0, 0.1) is 10.1 Å². The van der Waals surface area contributed by atoms with E-state index in [1.165, 1.54) is 36.1 Å². The first-order chi connectivity index (χ1) is 12.4. The molecule has 0 aromatic heterocycles. The van der Waals surface area contributed by atoms with Gasteiger partial charge in [-0.25, -0.2) is 0 Å². The molecule has 0 bridgehead atoms. The number of nitrogens with zero attached hydrogens (tertiary/aromatic N) is 3. The predicted octanol–water partition coefficient (Wildman–Crippen LogP) is 1.97. The molecular weight excluding hydrogens is 338 g/mol. The third-order valence-corrected chi connectivity index (χ3v) is 4.96. The number of nitro benzene ring substituents is 1. The van der Waals surface area contributed by atoms with Crippen LogP contribution in [-0.4, -0.2) is 57.7 Å². The fourth-order valence-electron chi connectivity index (χ4n) is 3.62. The van der Waals surface area contributed by atoms with Crippen LogP contribution in [0.2, 0.25) is 0 Å². The molecule has 1 aromatic carbocycles. The molecule has 2 heterocycles. The van der Waals surface area contributed by atoms with Gasteiger partial charge in [0, 0.05) is 25.2 Å². The lowest BCUT2D eigenvalue weighted by molar-refractivity contribution is -0.384. The minimum atomic E-state index is -0.719. The number of aliphatic hydroxyl groups excluding tert-OH is 1. The molecule has 0 saturated carbocycles. The summed E-state index contributed by atoms with van der Waals surface area (Å²) in [5.74, 6) is -1.48. The maximum atomic E-state index is 12.5. The van der Waals surface area contributed by atoms with Crippen molar-refractivity contribution in [3.8, 4) is 0 Å². The molecule has 1 atom stereocenters. The monoisotopic (exact) mass is 359 g/mol. The number of hydrogen-bond acceptors (Lipinski definition) is 6. The number of benzene rings is 1. The first-order valence-electron chi connectivity index (χ1n) is 8.62. The number of non-ortho nitro benzene ring substituents is 1. The van der Waals surface area contributed by atoms with Crippen LogP contribution >= 0.6 is 0 Å². The van der Waals surface area contributed by atoms with E-state index in [-0.39, 0.29) is 17.0 Å². The standard InChI is InChI=1S/C18H21N3O5/c1-12(22)15-16(13-4-6-14(7-5-13)21(25)26)20(18(24)17(15)23)11-10-19-8-2-3-9-19/h4-7,16,23H,2-3,8-11H2,1H3. The van der Waals surface area contributed by atoms with Gasteiger partial charge in [-0.2, -0.15) is 0 Å². The van der Waals surface area contributed by atoms with E-state index in [1.807, 2.05) is 0 Å². The minimum Gasteiger partial charge on any atom is -0.503 e. The van der Waals surface area contributed by atoms with Crippen LogP contribution in [0.1, 0.15) is 31.4 Å². The first-order valence-corrected chi connectivity index (χ1v) is 8.62. The second kappa shape index (κ2) is 7.25. The summed E-state index contributed by atoms with van der Waals surface area (Å²) >= 11 is 0. The van der Waals surface area contributed by atoms with Gasteiger partial charge in [0.25, 0.3) is 11.6 Å². The molecule has 1 N–H and O–H groups in total. The van der Waals surface area contributed by atoms with Crippen molar-refractivity contribution in [1.82, 2.24) is 9.80 Å². The van der Waals surface area contributed by atoms with E-state index in [2.05, 4.69) is 4.90 Å². The fraction of sp³-hybridized carbons (Fsp3) is 0.444. The van der Waals surface area contributed by atoms with E-state index >= 15 is 0 Å². The maximum Gasteiger partial charge on any atom is 0.290 e. The molecule has 138 valence electrons. The van der Waals surface area contributed by atoms with E-state index in [0.717, 1.165) is 25.9 Å². The van der Waals surface area contributed by atoms with Crippen molar-refractivity contribution >= 4 is 17.4 Å². The second-order valence-electron chi connectivity index (χ2n) is 6.62. The molecule has 2 aliphatic rings. The average Bonchev–Trinajstić information content (AvgIpc) is 3.21. The molecule has 2 aliphatic heterocycles. The summed E-state index contributed by atoms with van der Waals surface area (Å²) in [6.07, 6.45) is 2.25. The smallest absolute Gasteiger partial charge is 0.290 e. The Labute approximate surface area is 150 Å². The van der Waals surface area contributed by atoms with Crippen LogP contribution in [0.15, 0.2) is 35.6 Å². The quantitative estimate of drug-likeness (QED) is 0.615. The van der Waals surface area contributed by atoms with Crippen molar-refractivity contribution < 1.29 is 19.6 Å². The lowest BCUT2D eigenvalue weighted by atomic mass is 9.96. The molecule has 1 saturated heterocycles. The normalized spacial score (nSPS) is 20.9. The van der Waals surface area contributed by atoms with E-state index in [4.69, 9.17) is 0 Å². The van der Waals surface area contributed by atoms with Gasteiger partial charge in [0.2, 0.25) is 0 Å². The van der Waals surface area contributed by atoms with Crippen molar-refractivity contribution in [1.29, 1.82) is 0 Å². The predicted molar refractivity (Wildman–Crippen MR) is 93.6 cm³/mol. The minimum absolute atomic E-state index is 0.0466. The molecule has 1 amide bonds. The highest BCUT2D eigenvalue weighted by molar-refractivity contribution is 6.08. The van der Waals surface area contributed by atoms with E-state index < -0.39 is 22.6 Å². The van der Waals surface area contributed by atoms with Crippen LogP contribution in [0.4, 0.5) is 5.69 Å². The Balaban J connectivity index is 1.90. The number of hydrogen-bond donors (Lipinski definition) is 1. The molecule has 0 radical (unpaired) electrons. The summed E-state index contributed by atoms with van der Waals surface area (Å²) < 4.78 is 0. The lowest BCUT2D eigenvalue weighted by Gasteiger charge is -2.28. The molecule has 26 heavy (non-hydrogen) atoms. The van der Waals surface area contributed by atoms with Gasteiger partial charge in [-0.1, -0.05) is 0 Å². The number of carbonyl (C=O) groups excluding carboxylic acids is 2. The zero-order valence-corrected chi connectivity index (χ0v) is 14.6. The van der Waals surface area contributed by atoms with Crippen molar-refractivity contribution in [2.24, 2.45) is 0 Å². The van der Waals surface area contributed by atoms with Gasteiger partial charge in [0.05, 0.1) is 16.5 Å². The SMILES string of the molecule is CC(=O)C1=C(O)C(=O)N(CCN2CCCC2)C1c1ccc([N+](=O)[O-])cc1. The number of carbonyl (C=O) groups is 2. The molecule has 0 spiro atoms. The zero-order valence-electron chi connectivity index (χ0n) is 14.6. The molecule has 8 nitrogen and oxygen atoms in total. The highest BCUT2D eigenvalue weighted by atomic mass is 16.6.